The summed E-state index contributed by atoms with van der Waals surface area (Å²) in [7, 11) is -3.14. The molecule has 0 bridgehead atoms. The van der Waals surface area contributed by atoms with Gasteiger partial charge in [0.15, 0.2) is 9.84 Å². The summed E-state index contributed by atoms with van der Waals surface area (Å²) in [6, 6.07) is 11.3. The van der Waals surface area contributed by atoms with Crippen molar-refractivity contribution in [1.82, 2.24) is 5.32 Å². The van der Waals surface area contributed by atoms with Crippen molar-refractivity contribution < 1.29 is 27.2 Å². The van der Waals surface area contributed by atoms with E-state index >= 15 is 0 Å². The number of amides is 1. The van der Waals surface area contributed by atoms with Crippen molar-refractivity contribution in [3.63, 3.8) is 0 Å². The first-order valence-corrected chi connectivity index (χ1v) is 11.1. The molecule has 1 atom stereocenters. The van der Waals surface area contributed by atoms with E-state index in [2.05, 4.69) is 5.32 Å². The van der Waals surface area contributed by atoms with Gasteiger partial charge in [-0.15, -0.1) is 0 Å². The maximum absolute atomic E-state index is 12.3. The molecule has 0 saturated carbocycles. The minimum Gasteiger partial charge on any atom is -0.462 e. The third-order valence-electron chi connectivity index (χ3n) is 4.53. The molecule has 9 heteroatoms. The van der Waals surface area contributed by atoms with E-state index in [9.17, 15) is 23.3 Å². The van der Waals surface area contributed by atoms with Gasteiger partial charge in [-0.2, -0.15) is 5.26 Å². The van der Waals surface area contributed by atoms with E-state index in [0.717, 1.165) is 0 Å². The predicted molar refractivity (Wildman–Crippen MR) is 109 cm³/mol. The molecule has 1 aromatic carbocycles. The molecule has 30 heavy (non-hydrogen) atoms. The van der Waals surface area contributed by atoms with Gasteiger partial charge in [-0.25, -0.2) is 13.2 Å². The zero-order chi connectivity index (χ0) is 21.7. The van der Waals surface area contributed by atoms with Gasteiger partial charge >= 0.3 is 5.97 Å². The molecule has 0 unspecified atom stereocenters. The lowest BCUT2D eigenvalue weighted by molar-refractivity contribution is -0.117. The summed E-state index contributed by atoms with van der Waals surface area (Å²) >= 11 is 0. The van der Waals surface area contributed by atoms with Crippen LogP contribution in [-0.4, -0.2) is 44.4 Å². The number of nitrogens with zero attached hydrogens (tertiary/aromatic N) is 1. The van der Waals surface area contributed by atoms with Crippen LogP contribution in [-0.2, 0) is 19.4 Å². The summed E-state index contributed by atoms with van der Waals surface area (Å²) in [5, 5.41) is 11.9. The van der Waals surface area contributed by atoms with Crippen LogP contribution in [0.5, 0.6) is 0 Å². The van der Waals surface area contributed by atoms with Gasteiger partial charge in [0.1, 0.15) is 23.2 Å². The lowest BCUT2D eigenvalue weighted by atomic mass is 10.1. The number of carbonyl (C=O) groups excluding carboxylic acids is 2. The lowest BCUT2D eigenvalue weighted by Crippen LogP contribution is -2.36. The maximum atomic E-state index is 12.3. The van der Waals surface area contributed by atoms with E-state index in [-0.39, 0.29) is 17.1 Å². The molecule has 1 aliphatic rings. The van der Waals surface area contributed by atoms with Crippen LogP contribution in [0.1, 0.15) is 29.5 Å². The third-order valence-corrected chi connectivity index (χ3v) is 6.29. The monoisotopic (exact) mass is 428 g/mol. The number of benzene rings is 1. The molecule has 1 N–H and O–H groups in total. The summed E-state index contributed by atoms with van der Waals surface area (Å²) in [5.41, 5.74) is 0.948. The van der Waals surface area contributed by atoms with E-state index in [1.807, 2.05) is 6.07 Å². The summed E-state index contributed by atoms with van der Waals surface area (Å²) in [6.45, 7) is 2.02. The molecular weight excluding hydrogens is 408 g/mol. The lowest BCUT2D eigenvalue weighted by Gasteiger charge is -2.09. The topological polar surface area (TPSA) is 126 Å². The SMILES string of the molecule is CCOC(=O)c1ccc(-c2ccc(/C=C(\C#N)C(=O)N[C@@H]3CCS(=O)(=O)C3)o2)cc1. The Kier molecular flexibility index (Phi) is 6.37. The van der Waals surface area contributed by atoms with Gasteiger partial charge in [-0.3, -0.25) is 4.79 Å². The number of hydrogen-bond donors (Lipinski definition) is 1. The third kappa shape index (κ3) is 5.15. The van der Waals surface area contributed by atoms with Crippen molar-refractivity contribution in [3.05, 3.63) is 53.3 Å². The largest absolute Gasteiger partial charge is 0.462 e. The highest BCUT2D eigenvalue weighted by Gasteiger charge is 2.29. The van der Waals surface area contributed by atoms with Crippen molar-refractivity contribution in [1.29, 1.82) is 5.26 Å². The molecule has 1 aliphatic heterocycles. The fraction of sp³-hybridized carbons (Fsp3) is 0.286. The number of rotatable bonds is 6. The van der Waals surface area contributed by atoms with Gasteiger partial charge in [-0.05, 0) is 37.6 Å². The van der Waals surface area contributed by atoms with Gasteiger partial charge in [0.2, 0.25) is 0 Å². The Morgan fingerprint density at radius 3 is 2.60 bits per heavy atom. The van der Waals surface area contributed by atoms with Crippen molar-refractivity contribution in [2.75, 3.05) is 18.1 Å². The van der Waals surface area contributed by atoms with Gasteiger partial charge < -0.3 is 14.5 Å². The molecule has 2 aromatic rings. The van der Waals surface area contributed by atoms with Crippen molar-refractivity contribution in [3.8, 4) is 17.4 Å². The van der Waals surface area contributed by atoms with E-state index in [1.165, 1.54) is 6.08 Å². The first-order valence-electron chi connectivity index (χ1n) is 9.32. The molecule has 1 saturated heterocycles. The number of carbonyl (C=O) groups is 2. The standard InChI is InChI=1S/C21H20N2O6S/c1-2-28-21(25)15-5-3-14(4-6-15)19-8-7-18(29-19)11-16(12-22)20(24)23-17-9-10-30(26,27)13-17/h3-8,11,17H,2,9-10,13H2,1H3,(H,23,24)/b16-11+/t17-/m1/s1. The highest BCUT2D eigenvalue weighted by molar-refractivity contribution is 7.91. The molecule has 1 fully saturated rings. The number of furan rings is 1. The Morgan fingerprint density at radius 1 is 1.27 bits per heavy atom. The first kappa shape index (κ1) is 21.3. The highest BCUT2D eigenvalue weighted by Crippen LogP contribution is 2.24. The molecule has 1 aromatic heterocycles. The van der Waals surface area contributed by atoms with Crippen molar-refractivity contribution >= 4 is 27.8 Å². The Balaban J connectivity index is 1.71. The summed E-state index contributed by atoms with van der Waals surface area (Å²) in [4.78, 5) is 24.0. The van der Waals surface area contributed by atoms with Gasteiger partial charge in [-0.1, -0.05) is 12.1 Å². The normalized spacial score (nSPS) is 17.9. The van der Waals surface area contributed by atoms with Crippen LogP contribution in [0.25, 0.3) is 17.4 Å². The summed E-state index contributed by atoms with van der Waals surface area (Å²) < 4.78 is 33.6. The molecule has 0 radical (unpaired) electrons. The number of esters is 1. The average Bonchev–Trinajstić information content (AvgIpc) is 3.32. The van der Waals surface area contributed by atoms with Crippen LogP contribution in [0.15, 0.2) is 46.4 Å². The number of hydrogen-bond acceptors (Lipinski definition) is 7. The number of nitrogens with one attached hydrogen (secondary N) is 1. The van der Waals surface area contributed by atoms with Crippen LogP contribution in [0.4, 0.5) is 0 Å². The summed E-state index contributed by atoms with van der Waals surface area (Å²) in [6.07, 6.45) is 1.63. The molecule has 0 aliphatic carbocycles. The number of ether oxygens (including phenoxy) is 1. The van der Waals surface area contributed by atoms with Crippen LogP contribution in [0.3, 0.4) is 0 Å². The van der Waals surface area contributed by atoms with Crippen LogP contribution in [0.2, 0.25) is 0 Å². The second kappa shape index (κ2) is 8.97. The second-order valence-corrected chi connectivity index (χ2v) is 8.97. The molecule has 0 spiro atoms. The molecule has 3 rings (SSSR count). The predicted octanol–water partition coefficient (Wildman–Crippen LogP) is 2.33. The minimum atomic E-state index is -3.14. The number of sulfone groups is 1. The molecular formula is C21H20N2O6S. The molecule has 156 valence electrons. The van der Waals surface area contributed by atoms with Gasteiger partial charge in [0, 0.05) is 17.7 Å². The van der Waals surface area contributed by atoms with E-state index in [1.54, 1.807) is 43.3 Å². The Hall–Kier alpha value is -3.38. The van der Waals surface area contributed by atoms with Gasteiger partial charge in [0.05, 0.1) is 23.7 Å². The smallest absolute Gasteiger partial charge is 0.338 e. The van der Waals surface area contributed by atoms with Crippen LogP contribution < -0.4 is 5.32 Å². The Bertz CT molecular complexity index is 1120. The highest BCUT2D eigenvalue weighted by atomic mass is 32.2. The Morgan fingerprint density at radius 2 is 2.00 bits per heavy atom. The maximum Gasteiger partial charge on any atom is 0.338 e. The van der Waals surface area contributed by atoms with Crippen molar-refractivity contribution in [2.24, 2.45) is 0 Å². The molecule has 1 amide bonds. The van der Waals surface area contributed by atoms with Crippen LogP contribution in [0, 0.1) is 11.3 Å². The Labute approximate surface area is 174 Å². The molecule has 2 heterocycles. The van der Waals surface area contributed by atoms with Crippen LogP contribution >= 0.6 is 0 Å². The quantitative estimate of drug-likeness (QED) is 0.425. The van der Waals surface area contributed by atoms with E-state index in [4.69, 9.17) is 9.15 Å². The van der Waals surface area contributed by atoms with E-state index in [0.29, 0.717) is 35.7 Å². The fourth-order valence-electron chi connectivity index (χ4n) is 3.03. The first-order chi connectivity index (χ1) is 14.3. The average molecular weight is 428 g/mol. The zero-order valence-corrected chi connectivity index (χ0v) is 17.1. The number of nitriles is 1. The minimum absolute atomic E-state index is 0.0278. The second-order valence-electron chi connectivity index (χ2n) is 6.74. The van der Waals surface area contributed by atoms with Crippen molar-refractivity contribution in [2.45, 2.75) is 19.4 Å². The fourth-order valence-corrected chi connectivity index (χ4v) is 4.71. The zero-order valence-electron chi connectivity index (χ0n) is 16.3. The van der Waals surface area contributed by atoms with E-state index < -0.39 is 27.8 Å². The molecule has 8 nitrogen and oxygen atoms in total. The summed E-state index contributed by atoms with van der Waals surface area (Å²) in [5.74, 6) is -0.353. The van der Waals surface area contributed by atoms with Gasteiger partial charge in [0.25, 0.3) is 5.91 Å².